The summed E-state index contributed by atoms with van der Waals surface area (Å²) in [7, 11) is 0. The van der Waals surface area contributed by atoms with Gasteiger partial charge in [-0.15, -0.1) is 0 Å². The first-order valence-corrected chi connectivity index (χ1v) is 8.27. The van der Waals surface area contributed by atoms with E-state index >= 15 is 0 Å². The van der Waals surface area contributed by atoms with Crippen LogP contribution in [0.1, 0.15) is 24.5 Å². The van der Waals surface area contributed by atoms with Gasteiger partial charge in [0.25, 0.3) is 0 Å². The fourth-order valence-corrected chi connectivity index (χ4v) is 2.64. The van der Waals surface area contributed by atoms with Crippen molar-refractivity contribution in [3.8, 4) is 0 Å². The van der Waals surface area contributed by atoms with Gasteiger partial charge in [0.15, 0.2) is 0 Å². The molecule has 0 bridgehead atoms. The Labute approximate surface area is 134 Å². The second kappa shape index (κ2) is 10.1. The summed E-state index contributed by atoms with van der Waals surface area (Å²) in [5.41, 5.74) is 2.78. The van der Waals surface area contributed by atoms with Gasteiger partial charge in [0.2, 0.25) is 0 Å². The van der Waals surface area contributed by atoms with Crippen LogP contribution in [0.3, 0.4) is 0 Å². The minimum atomic E-state index is 0.464. The average molecular weight is 297 g/mol. The maximum absolute atomic E-state index is 5.41. The van der Waals surface area contributed by atoms with Crippen LogP contribution < -0.4 is 5.32 Å². The Balaban J connectivity index is 1.88. The zero-order valence-corrected chi connectivity index (χ0v) is 13.5. The zero-order chi connectivity index (χ0) is 15.5. The molecule has 0 saturated carbocycles. The monoisotopic (exact) mass is 297 g/mol. The summed E-state index contributed by atoms with van der Waals surface area (Å²) in [5, 5.41) is 3.70. The third-order valence-corrected chi connectivity index (χ3v) is 3.75. The fraction of sp³-hybridized carbons (Fsp3) is 0.400. The van der Waals surface area contributed by atoms with Crippen molar-refractivity contribution in [2.75, 3.05) is 19.8 Å². The highest BCUT2D eigenvalue weighted by molar-refractivity contribution is 5.19. The highest BCUT2D eigenvalue weighted by atomic mass is 16.5. The minimum Gasteiger partial charge on any atom is -0.382 e. The highest BCUT2D eigenvalue weighted by Gasteiger charge is 2.10. The third-order valence-electron chi connectivity index (χ3n) is 3.75. The van der Waals surface area contributed by atoms with Crippen LogP contribution >= 0.6 is 0 Å². The molecule has 0 aliphatic rings. The molecule has 0 unspecified atom stereocenters. The van der Waals surface area contributed by atoms with Gasteiger partial charge in [-0.25, -0.2) is 0 Å². The first-order valence-electron chi connectivity index (χ1n) is 8.27. The Hall–Kier alpha value is -1.64. The normalized spacial score (nSPS) is 11.0. The zero-order valence-electron chi connectivity index (χ0n) is 13.5. The Morgan fingerprint density at radius 2 is 1.41 bits per heavy atom. The molecule has 2 aromatic carbocycles. The summed E-state index contributed by atoms with van der Waals surface area (Å²) in [4.78, 5) is 0. The van der Waals surface area contributed by atoms with Gasteiger partial charge in [-0.05, 0) is 43.9 Å². The Kier molecular flexibility index (Phi) is 7.71. The lowest BCUT2D eigenvalue weighted by atomic mass is 9.99. The molecule has 0 saturated heterocycles. The SMILES string of the molecule is CCOCCCNC(Cc1ccccc1)Cc1ccccc1. The van der Waals surface area contributed by atoms with Crippen LogP contribution in [0, 0.1) is 0 Å². The molecule has 22 heavy (non-hydrogen) atoms. The summed E-state index contributed by atoms with van der Waals surface area (Å²) >= 11 is 0. The molecule has 2 heteroatoms. The highest BCUT2D eigenvalue weighted by Crippen LogP contribution is 2.09. The van der Waals surface area contributed by atoms with Gasteiger partial charge in [-0.3, -0.25) is 0 Å². The molecule has 0 amide bonds. The molecule has 0 radical (unpaired) electrons. The topological polar surface area (TPSA) is 21.3 Å². The van der Waals surface area contributed by atoms with E-state index in [0.29, 0.717) is 6.04 Å². The van der Waals surface area contributed by atoms with Gasteiger partial charge in [-0.1, -0.05) is 60.7 Å². The summed E-state index contributed by atoms with van der Waals surface area (Å²) in [6.45, 7) is 4.69. The van der Waals surface area contributed by atoms with Crippen molar-refractivity contribution in [2.45, 2.75) is 32.2 Å². The van der Waals surface area contributed by atoms with Gasteiger partial charge in [-0.2, -0.15) is 0 Å². The first kappa shape index (κ1) is 16.7. The van der Waals surface area contributed by atoms with E-state index in [-0.39, 0.29) is 0 Å². The second-order valence-corrected chi connectivity index (χ2v) is 5.58. The van der Waals surface area contributed by atoms with Crippen LogP contribution in [0.5, 0.6) is 0 Å². The number of ether oxygens (including phenoxy) is 1. The summed E-state index contributed by atoms with van der Waals surface area (Å²) < 4.78 is 5.41. The molecular weight excluding hydrogens is 270 g/mol. The molecular formula is C20H27NO. The maximum atomic E-state index is 5.41. The molecule has 0 spiro atoms. The van der Waals surface area contributed by atoms with Crippen LogP contribution in [-0.4, -0.2) is 25.8 Å². The molecule has 0 aliphatic heterocycles. The van der Waals surface area contributed by atoms with Crippen LogP contribution in [-0.2, 0) is 17.6 Å². The number of benzene rings is 2. The lowest BCUT2D eigenvalue weighted by Gasteiger charge is -2.19. The molecule has 1 N–H and O–H groups in total. The van der Waals surface area contributed by atoms with Crippen molar-refractivity contribution in [3.63, 3.8) is 0 Å². The van der Waals surface area contributed by atoms with Gasteiger partial charge in [0, 0.05) is 19.3 Å². The van der Waals surface area contributed by atoms with Crippen molar-refractivity contribution < 1.29 is 4.74 Å². The molecule has 118 valence electrons. The molecule has 0 atom stereocenters. The largest absolute Gasteiger partial charge is 0.382 e. The summed E-state index contributed by atoms with van der Waals surface area (Å²) in [5.74, 6) is 0. The van der Waals surface area contributed by atoms with Gasteiger partial charge >= 0.3 is 0 Å². The van der Waals surface area contributed by atoms with E-state index in [4.69, 9.17) is 4.74 Å². The van der Waals surface area contributed by atoms with Crippen LogP contribution in [0.2, 0.25) is 0 Å². The van der Waals surface area contributed by atoms with Crippen LogP contribution in [0.4, 0.5) is 0 Å². The Morgan fingerprint density at radius 3 is 1.91 bits per heavy atom. The standard InChI is InChI=1S/C20H27NO/c1-2-22-15-9-14-21-20(16-18-10-5-3-6-11-18)17-19-12-7-4-8-13-19/h3-8,10-13,20-21H,2,9,14-17H2,1H3. The number of hydrogen-bond donors (Lipinski definition) is 1. The maximum Gasteiger partial charge on any atom is 0.0477 e. The summed E-state index contributed by atoms with van der Waals surface area (Å²) in [6, 6.07) is 21.9. The minimum absolute atomic E-state index is 0.464. The molecule has 2 nitrogen and oxygen atoms in total. The predicted molar refractivity (Wildman–Crippen MR) is 93.2 cm³/mol. The van der Waals surface area contributed by atoms with Gasteiger partial charge in [0.1, 0.15) is 0 Å². The molecule has 0 aromatic heterocycles. The quantitative estimate of drug-likeness (QED) is 0.672. The van der Waals surface area contributed by atoms with Crippen molar-refractivity contribution >= 4 is 0 Å². The molecule has 2 rings (SSSR count). The van der Waals surface area contributed by atoms with E-state index in [0.717, 1.165) is 39.0 Å². The van der Waals surface area contributed by atoms with E-state index in [1.807, 2.05) is 6.92 Å². The van der Waals surface area contributed by atoms with Crippen LogP contribution in [0.25, 0.3) is 0 Å². The molecule has 2 aromatic rings. The van der Waals surface area contributed by atoms with E-state index in [1.165, 1.54) is 11.1 Å². The van der Waals surface area contributed by atoms with Crippen LogP contribution in [0.15, 0.2) is 60.7 Å². The van der Waals surface area contributed by atoms with Crippen molar-refractivity contribution in [1.82, 2.24) is 5.32 Å². The summed E-state index contributed by atoms with van der Waals surface area (Å²) in [6.07, 6.45) is 3.18. The Bertz CT molecular complexity index is 456. The van der Waals surface area contributed by atoms with Gasteiger partial charge < -0.3 is 10.1 Å². The fourth-order valence-electron chi connectivity index (χ4n) is 2.64. The van der Waals surface area contributed by atoms with Crippen molar-refractivity contribution in [2.24, 2.45) is 0 Å². The van der Waals surface area contributed by atoms with Gasteiger partial charge in [0.05, 0.1) is 0 Å². The van der Waals surface area contributed by atoms with Crippen molar-refractivity contribution in [1.29, 1.82) is 0 Å². The van der Waals surface area contributed by atoms with E-state index in [1.54, 1.807) is 0 Å². The lowest BCUT2D eigenvalue weighted by molar-refractivity contribution is 0.144. The molecule has 0 heterocycles. The second-order valence-electron chi connectivity index (χ2n) is 5.58. The van der Waals surface area contributed by atoms with E-state index in [2.05, 4.69) is 66.0 Å². The van der Waals surface area contributed by atoms with E-state index < -0.39 is 0 Å². The Morgan fingerprint density at radius 1 is 0.864 bits per heavy atom. The van der Waals surface area contributed by atoms with E-state index in [9.17, 15) is 0 Å². The third kappa shape index (κ3) is 6.42. The predicted octanol–water partition coefficient (Wildman–Crippen LogP) is 3.86. The number of nitrogens with one attached hydrogen (secondary N) is 1. The lowest BCUT2D eigenvalue weighted by Crippen LogP contribution is -2.34. The number of hydrogen-bond acceptors (Lipinski definition) is 2. The molecule has 0 fully saturated rings. The molecule has 0 aliphatic carbocycles. The number of rotatable bonds is 10. The average Bonchev–Trinajstić information content (AvgIpc) is 2.56. The van der Waals surface area contributed by atoms with Crippen molar-refractivity contribution in [3.05, 3.63) is 71.8 Å². The first-order chi connectivity index (χ1) is 10.9. The smallest absolute Gasteiger partial charge is 0.0477 e.